The number of allylic oxidation sites excluding steroid dienone is 2. The molecule has 3 aliphatic heterocycles. The van der Waals surface area contributed by atoms with E-state index >= 15 is 0 Å². The third-order valence-electron chi connectivity index (χ3n) is 6.20. The van der Waals surface area contributed by atoms with E-state index in [1.54, 1.807) is 0 Å². The molecular formula is C22H22N2O. The van der Waals surface area contributed by atoms with Crippen LogP contribution in [0.2, 0.25) is 0 Å². The van der Waals surface area contributed by atoms with Crippen LogP contribution in [0.4, 0.5) is 0 Å². The number of rotatable bonds is 2. The molecule has 2 atom stereocenters. The van der Waals surface area contributed by atoms with Gasteiger partial charge in [-0.15, -0.1) is 0 Å². The van der Waals surface area contributed by atoms with Crippen LogP contribution in [0.5, 0.6) is 0 Å². The quantitative estimate of drug-likeness (QED) is 0.916. The second-order valence-electron chi connectivity index (χ2n) is 7.42. The predicted molar refractivity (Wildman–Crippen MR) is 98.8 cm³/mol. The molecule has 1 amide bonds. The fourth-order valence-corrected chi connectivity index (χ4v) is 5.19. The Morgan fingerprint density at radius 1 is 0.960 bits per heavy atom. The van der Waals surface area contributed by atoms with Gasteiger partial charge < -0.3 is 10.6 Å². The third kappa shape index (κ3) is 2.08. The van der Waals surface area contributed by atoms with Crippen molar-refractivity contribution in [2.24, 2.45) is 11.7 Å². The standard InChI is InChI=1S/C22H22N2O/c23-22(25)20-17-9-5-4-8-16(17)18-15-10-12-24(13-11-15)21(18)19(20)14-6-2-1-3-7-14/h1-9,15,19-20H,10-13H2,(H2,23,25)/t19-,20+/m0/s1. The van der Waals surface area contributed by atoms with Gasteiger partial charge in [-0.25, -0.2) is 0 Å². The van der Waals surface area contributed by atoms with Crippen LogP contribution in [0.25, 0.3) is 5.57 Å². The Hall–Kier alpha value is -2.55. The average Bonchev–Trinajstić information content (AvgIpc) is 2.68. The molecule has 4 aliphatic rings. The van der Waals surface area contributed by atoms with Gasteiger partial charge in [0.05, 0.1) is 5.92 Å². The number of nitrogens with zero attached hydrogens (tertiary/aromatic N) is 1. The molecule has 2 aromatic rings. The van der Waals surface area contributed by atoms with E-state index in [0.717, 1.165) is 18.7 Å². The summed E-state index contributed by atoms with van der Waals surface area (Å²) in [5, 5.41) is 0. The maximum absolute atomic E-state index is 12.6. The zero-order chi connectivity index (χ0) is 17.0. The van der Waals surface area contributed by atoms with Crippen LogP contribution in [0.1, 0.15) is 41.4 Å². The summed E-state index contributed by atoms with van der Waals surface area (Å²) in [7, 11) is 0. The minimum Gasteiger partial charge on any atom is -0.374 e. The van der Waals surface area contributed by atoms with E-state index in [4.69, 9.17) is 5.73 Å². The highest BCUT2D eigenvalue weighted by atomic mass is 16.1. The van der Waals surface area contributed by atoms with Crippen LogP contribution >= 0.6 is 0 Å². The van der Waals surface area contributed by atoms with Crippen LogP contribution in [-0.4, -0.2) is 23.9 Å². The van der Waals surface area contributed by atoms with E-state index in [0.29, 0.717) is 5.92 Å². The van der Waals surface area contributed by atoms with Crippen LogP contribution < -0.4 is 5.73 Å². The Morgan fingerprint density at radius 2 is 1.64 bits per heavy atom. The predicted octanol–water partition coefficient (Wildman–Crippen LogP) is 3.49. The molecule has 0 radical (unpaired) electrons. The molecule has 0 spiro atoms. The SMILES string of the molecule is NC(=O)[C@@H]1c2ccccc2C2=C([C@H]1c1ccccc1)N1CCC2CC1. The van der Waals surface area contributed by atoms with Crippen LogP contribution in [0.3, 0.4) is 0 Å². The molecule has 1 aliphatic carbocycles. The van der Waals surface area contributed by atoms with E-state index in [2.05, 4.69) is 47.4 Å². The zero-order valence-corrected chi connectivity index (χ0v) is 14.2. The lowest BCUT2D eigenvalue weighted by atomic mass is 9.64. The van der Waals surface area contributed by atoms with Gasteiger partial charge in [0, 0.05) is 24.7 Å². The molecule has 1 saturated heterocycles. The van der Waals surface area contributed by atoms with E-state index in [9.17, 15) is 4.79 Å². The summed E-state index contributed by atoms with van der Waals surface area (Å²) >= 11 is 0. The summed E-state index contributed by atoms with van der Waals surface area (Å²) in [6, 6.07) is 18.8. The van der Waals surface area contributed by atoms with Gasteiger partial charge in [0.25, 0.3) is 0 Å². The van der Waals surface area contributed by atoms with Crippen molar-refractivity contribution in [1.29, 1.82) is 0 Å². The summed E-state index contributed by atoms with van der Waals surface area (Å²) < 4.78 is 0. The van der Waals surface area contributed by atoms with E-state index in [1.165, 1.54) is 35.2 Å². The lowest BCUT2D eigenvalue weighted by Gasteiger charge is -2.51. The first-order valence-corrected chi connectivity index (χ1v) is 9.18. The Bertz CT molecular complexity index is 863. The molecule has 126 valence electrons. The number of piperidine rings is 1. The molecule has 3 heteroatoms. The molecule has 2 N–H and O–H groups in total. The van der Waals surface area contributed by atoms with Gasteiger partial charge in [0.2, 0.25) is 5.91 Å². The highest BCUT2D eigenvalue weighted by Gasteiger charge is 2.46. The first kappa shape index (κ1) is 14.8. The Kier molecular flexibility index (Phi) is 3.24. The van der Waals surface area contributed by atoms with Crippen molar-refractivity contribution < 1.29 is 4.79 Å². The monoisotopic (exact) mass is 330 g/mol. The van der Waals surface area contributed by atoms with Crippen molar-refractivity contribution in [3.63, 3.8) is 0 Å². The number of carbonyl (C=O) groups excluding carboxylic acids is 1. The van der Waals surface area contributed by atoms with Crippen LogP contribution in [0, 0.1) is 5.92 Å². The topological polar surface area (TPSA) is 46.3 Å². The lowest BCUT2D eigenvalue weighted by Crippen LogP contribution is -2.46. The van der Waals surface area contributed by atoms with E-state index < -0.39 is 0 Å². The average molecular weight is 330 g/mol. The van der Waals surface area contributed by atoms with Crippen molar-refractivity contribution in [3.8, 4) is 0 Å². The zero-order valence-electron chi connectivity index (χ0n) is 14.2. The number of amides is 1. The summed E-state index contributed by atoms with van der Waals surface area (Å²) in [5.41, 5.74) is 12.3. The van der Waals surface area contributed by atoms with Gasteiger partial charge in [0.15, 0.2) is 0 Å². The second-order valence-corrected chi connectivity index (χ2v) is 7.42. The molecular weight excluding hydrogens is 308 g/mol. The van der Waals surface area contributed by atoms with Crippen molar-refractivity contribution >= 4 is 11.5 Å². The molecule has 0 aromatic heterocycles. The molecule has 0 unspecified atom stereocenters. The normalized spacial score (nSPS) is 24.9. The largest absolute Gasteiger partial charge is 0.374 e. The lowest BCUT2D eigenvalue weighted by molar-refractivity contribution is -0.120. The second kappa shape index (κ2) is 5.48. The molecule has 1 fully saturated rings. The van der Waals surface area contributed by atoms with Crippen molar-refractivity contribution in [3.05, 3.63) is 77.0 Å². The molecule has 2 aromatic carbocycles. The molecule has 3 heterocycles. The van der Waals surface area contributed by atoms with Crippen molar-refractivity contribution in [2.75, 3.05) is 13.1 Å². The highest BCUT2D eigenvalue weighted by molar-refractivity contribution is 5.90. The van der Waals surface area contributed by atoms with Gasteiger partial charge >= 0.3 is 0 Å². The molecule has 6 rings (SSSR count). The maximum atomic E-state index is 12.6. The number of hydrogen-bond acceptors (Lipinski definition) is 2. The number of nitrogens with two attached hydrogens (primary N) is 1. The smallest absolute Gasteiger partial charge is 0.226 e. The number of carbonyl (C=O) groups is 1. The van der Waals surface area contributed by atoms with E-state index in [1.807, 2.05) is 12.1 Å². The van der Waals surface area contributed by atoms with Gasteiger partial charge in [-0.2, -0.15) is 0 Å². The Balaban J connectivity index is 1.82. The van der Waals surface area contributed by atoms with Crippen LogP contribution in [0.15, 0.2) is 60.3 Å². The molecule has 2 bridgehead atoms. The summed E-state index contributed by atoms with van der Waals surface area (Å²) in [4.78, 5) is 15.1. The van der Waals surface area contributed by atoms with Gasteiger partial charge in [-0.05, 0) is 41.0 Å². The van der Waals surface area contributed by atoms with Gasteiger partial charge in [-0.1, -0.05) is 54.6 Å². The first-order valence-electron chi connectivity index (χ1n) is 9.18. The van der Waals surface area contributed by atoms with Gasteiger partial charge in [-0.3, -0.25) is 4.79 Å². The minimum absolute atomic E-state index is 0.0340. The number of primary amides is 1. The first-order chi connectivity index (χ1) is 12.3. The fraction of sp³-hybridized carbons (Fsp3) is 0.318. The van der Waals surface area contributed by atoms with Gasteiger partial charge in [0.1, 0.15) is 0 Å². The summed E-state index contributed by atoms with van der Waals surface area (Å²) in [6.45, 7) is 2.20. The van der Waals surface area contributed by atoms with Crippen molar-refractivity contribution in [1.82, 2.24) is 4.90 Å². The summed E-state index contributed by atoms with van der Waals surface area (Å²) in [5.74, 6) is 0.125. The summed E-state index contributed by atoms with van der Waals surface area (Å²) in [6.07, 6.45) is 2.44. The maximum Gasteiger partial charge on any atom is 0.226 e. The molecule has 0 saturated carbocycles. The number of fused-ring (bicyclic) bond motifs is 3. The highest BCUT2D eigenvalue weighted by Crippen LogP contribution is 2.55. The Labute approximate surface area is 148 Å². The molecule has 25 heavy (non-hydrogen) atoms. The van der Waals surface area contributed by atoms with E-state index in [-0.39, 0.29) is 17.7 Å². The Morgan fingerprint density at radius 3 is 2.36 bits per heavy atom. The van der Waals surface area contributed by atoms with Crippen LogP contribution in [-0.2, 0) is 4.79 Å². The number of benzene rings is 2. The third-order valence-corrected chi connectivity index (χ3v) is 6.20. The fourth-order valence-electron chi connectivity index (χ4n) is 5.19. The van der Waals surface area contributed by atoms with Crippen molar-refractivity contribution in [2.45, 2.75) is 24.7 Å². The number of hydrogen-bond donors (Lipinski definition) is 1. The minimum atomic E-state index is -0.295. The molecule has 3 nitrogen and oxygen atoms in total.